The van der Waals surface area contributed by atoms with E-state index in [1.54, 1.807) is 24.3 Å². The number of benzene rings is 5. The molecule has 0 atom stereocenters. The Bertz CT molecular complexity index is 1960. The SMILES string of the molecule is [N-]=[N+]=NCCOCCN1C(=O)c2ccc3c4ccc5c6c(ccc(c7ccc(c2c37)C1=O)c64)C(=O)N(CCOCCN=[N+]=[N-])C5=O. The van der Waals surface area contributed by atoms with Crippen molar-refractivity contribution in [2.24, 2.45) is 10.2 Å². The fraction of sp³-hybridized carbons (Fsp3) is 0.250. The third kappa shape index (κ3) is 4.36. The first-order chi connectivity index (χ1) is 22.5. The second kappa shape index (κ2) is 11.6. The molecule has 0 N–H and O–H groups in total. The molecule has 46 heavy (non-hydrogen) atoms. The minimum absolute atomic E-state index is 0.0486. The molecule has 5 aromatic rings. The van der Waals surface area contributed by atoms with Crippen molar-refractivity contribution in [3.8, 4) is 0 Å². The molecule has 0 bridgehead atoms. The minimum atomic E-state index is -0.422. The van der Waals surface area contributed by atoms with Crippen LogP contribution in [0.1, 0.15) is 41.4 Å². The minimum Gasteiger partial charge on any atom is -0.379 e. The van der Waals surface area contributed by atoms with Gasteiger partial charge >= 0.3 is 0 Å². The van der Waals surface area contributed by atoms with E-state index in [1.807, 2.05) is 24.3 Å². The second-order valence-corrected chi connectivity index (χ2v) is 10.8. The van der Waals surface area contributed by atoms with Gasteiger partial charge in [0.1, 0.15) is 0 Å². The monoisotopic (exact) mass is 616 g/mol. The van der Waals surface area contributed by atoms with Crippen molar-refractivity contribution in [2.45, 2.75) is 0 Å². The van der Waals surface area contributed by atoms with E-state index in [0.29, 0.717) is 33.0 Å². The summed E-state index contributed by atoms with van der Waals surface area (Å²) < 4.78 is 10.9. The molecule has 5 aromatic carbocycles. The van der Waals surface area contributed by atoms with Crippen molar-refractivity contribution < 1.29 is 28.7 Å². The lowest BCUT2D eigenvalue weighted by atomic mass is 9.82. The van der Waals surface area contributed by atoms with Crippen LogP contribution < -0.4 is 0 Å². The highest BCUT2D eigenvalue weighted by Gasteiger charge is 2.36. The third-order valence-corrected chi connectivity index (χ3v) is 8.52. The fourth-order valence-electron chi connectivity index (χ4n) is 6.59. The molecular formula is C32H24N8O6. The molecule has 0 unspecified atom stereocenters. The summed E-state index contributed by atoms with van der Waals surface area (Å²) in [7, 11) is 0. The van der Waals surface area contributed by atoms with Crippen LogP contribution in [-0.4, -0.2) is 86.0 Å². The zero-order valence-electron chi connectivity index (χ0n) is 24.3. The van der Waals surface area contributed by atoms with Gasteiger partial charge < -0.3 is 9.47 Å². The summed E-state index contributed by atoms with van der Waals surface area (Å²) >= 11 is 0. The average molecular weight is 617 g/mol. The second-order valence-electron chi connectivity index (χ2n) is 10.8. The molecule has 0 aromatic heterocycles. The predicted molar refractivity (Wildman–Crippen MR) is 168 cm³/mol. The molecule has 228 valence electrons. The molecular weight excluding hydrogens is 592 g/mol. The van der Waals surface area contributed by atoms with Crippen LogP contribution in [-0.2, 0) is 9.47 Å². The first-order valence-electron chi connectivity index (χ1n) is 14.6. The van der Waals surface area contributed by atoms with Gasteiger partial charge in [0.25, 0.3) is 23.6 Å². The Kier molecular flexibility index (Phi) is 7.31. The van der Waals surface area contributed by atoms with E-state index in [-0.39, 0.29) is 52.6 Å². The Hall–Kier alpha value is -5.78. The number of fused-ring (bicyclic) bond motifs is 2. The summed E-state index contributed by atoms with van der Waals surface area (Å²) in [5, 5.41) is 12.7. The molecule has 0 radical (unpaired) electrons. The van der Waals surface area contributed by atoms with Crippen molar-refractivity contribution in [3.63, 3.8) is 0 Å². The van der Waals surface area contributed by atoms with Gasteiger partial charge in [-0.3, -0.25) is 29.0 Å². The topological polar surface area (TPSA) is 191 Å². The predicted octanol–water partition coefficient (Wildman–Crippen LogP) is 5.58. The van der Waals surface area contributed by atoms with Gasteiger partial charge in [0.2, 0.25) is 0 Å². The summed E-state index contributed by atoms with van der Waals surface area (Å²) in [4.78, 5) is 62.1. The van der Waals surface area contributed by atoms with Crippen LogP contribution in [0, 0.1) is 0 Å². The standard InChI is InChI=1S/C32H24N8O6/c33-37-35-9-13-45-15-11-39-29(41)21-5-1-17-18-2-6-23-28-24(32(44)40(31(23)43)12-16-46-14-10-36-38-34)8-4-20(26(18)28)19-3-7-22(30(39)42)27(21)25(17)19/h1-8H,9-16H2. The van der Waals surface area contributed by atoms with Crippen molar-refractivity contribution in [3.05, 3.63) is 91.7 Å². The van der Waals surface area contributed by atoms with E-state index in [1.165, 1.54) is 9.80 Å². The van der Waals surface area contributed by atoms with Crippen LogP contribution in [0.15, 0.2) is 58.8 Å². The third-order valence-electron chi connectivity index (χ3n) is 8.52. The van der Waals surface area contributed by atoms with Crippen LogP contribution in [0.5, 0.6) is 0 Å². The maximum absolute atomic E-state index is 13.6. The van der Waals surface area contributed by atoms with Crippen molar-refractivity contribution in [1.82, 2.24) is 9.80 Å². The number of hydrogen-bond acceptors (Lipinski definition) is 8. The molecule has 14 heteroatoms. The van der Waals surface area contributed by atoms with E-state index < -0.39 is 23.6 Å². The number of amides is 4. The van der Waals surface area contributed by atoms with Gasteiger partial charge in [-0.1, -0.05) is 34.5 Å². The molecule has 2 heterocycles. The van der Waals surface area contributed by atoms with Crippen LogP contribution in [0.4, 0.5) is 0 Å². The lowest BCUT2D eigenvalue weighted by Crippen LogP contribution is -2.42. The number of ether oxygens (including phenoxy) is 2. The molecule has 2 aliphatic heterocycles. The van der Waals surface area contributed by atoms with Gasteiger partial charge in [-0.05, 0) is 67.6 Å². The van der Waals surface area contributed by atoms with E-state index in [0.717, 1.165) is 32.3 Å². The quantitative estimate of drug-likeness (QED) is 0.0334. The summed E-state index contributed by atoms with van der Waals surface area (Å²) in [5.74, 6) is -1.69. The number of nitrogens with zero attached hydrogens (tertiary/aromatic N) is 8. The lowest BCUT2D eigenvalue weighted by molar-refractivity contribution is 0.0517. The van der Waals surface area contributed by atoms with E-state index in [4.69, 9.17) is 20.5 Å². The zero-order valence-corrected chi connectivity index (χ0v) is 24.3. The Morgan fingerprint density at radius 3 is 1.13 bits per heavy atom. The van der Waals surface area contributed by atoms with Gasteiger partial charge in [0.05, 0.1) is 39.5 Å². The summed E-state index contributed by atoms with van der Waals surface area (Å²) in [6, 6.07) is 14.3. The summed E-state index contributed by atoms with van der Waals surface area (Å²) in [6.07, 6.45) is 0. The number of carbonyl (C=O) groups excluding carboxylic acids is 4. The Morgan fingerprint density at radius 2 is 0.826 bits per heavy atom. The molecule has 2 aliphatic rings. The maximum Gasteiger partial charge on any atom is 0.261 e. The highest BCUT2D eigenvalue weighted by Crippen LogP contribution is 2.46. The highest BCUT2D eigenvalue weighted by atomic mass is 16.5. The number of rotatable bonds is 12. The normalized spacial score (nSPS) is 14.2. The number of hydrogen-bond donors (Lipinski definition) is 0. The summed E-state index contributed by atoms with van der Waals surface area (Å²) in [5.41, 5.74) is 18.4. The van der Waals surface area contributed by atoms with Crippen LogP contribution in [0.3, 0.4) is 0 Å². The van der Waals surface area contributed by atoms with Gasteiger partial charge in [-0.15, -0.1) is 0 Å². The van der Waals surface area contributed by atoms with Crippen LogP contribution >= 0.6 is 0 Å². The van der Waals surface area contributed by atoms with Gasteiger partial charge in [0, 0.05) is 55.9 Å². The van der Waals surface area contributed by atoms with Gasteiger partial charge in [-0.2, -0.15) is 0 Å². The Labute approximate surface area is 259 Å². The first-order valence-corrected chi connectivity index (χ1v) is 14.6. The van der Waals surface area contributed by atoms with E-state index in [2.05, 4.69) is 20.1 Å². The van der Waals surface area contributed by atoms with Crippen LogP contribution in [0.2, 0.25) is 0 Å². The highest BCUT2D eigenvalue weighted by molar-refractivity contribution is 6.41. The molecule has 0 saturated carbocycles. The smallest absolute Gasteiger partial charge is 0.261 e. The number of imide groups is 2. The molecule has 0 saturated heterocycles. The van der Waals surface area contributed by atoms with E-state index in [9.17, 15) is 19.2 Å². The Morgan fingerprint density at radius 1 is 0.500 bits per heavy atom. The van der Waals surface area contributed by atoms with Crippen molar-refractivity contribution >= 4 is 66.7 Å². The number of carbonyl (C=O) groups is 4. The summed E-state index contributed by atoms with van der Waals surface area (Å²) in [6.45, 7) is 0.966. The lowest BCUT2D eigenvalue weighted by Gasteiger charge is -2.30. The number of azide groups is 2. The molecule has 0 fully saturated rings. The van der Waals surface area contributed by atoms with Gasteiger partial charge in [-0.25, -0.2) is 0 Å². The first kappa shape index (κ1) is 29.0. The van der Waals surface area contributed by atoms with Crippen molar-refractivity contribution in [1.29, 1.82) is 0 Å². The van der Waals surface area contributed by atoms with E-state index >= 15 is 0 Å². The van der Waals surface area contributed by atoms with Crippen LogP contribution in [0.25, 0.3) is 64.0 Å². The van der Waals surface area contributed by atoms with Gasteiger partial charge in [0.15, 0.2) is 0 Å². The fourth-order valence-corrected chi connectivity index (χ4v) is 6.59. The Balaban J connectivity index is 1.29. The molecule has 0 aliphatic carbocycles. The molecule has 14 nitrogen and oxygen atoms in total. The molecule has 4 amide bonds. The largest absolute Gasteiger partial charge is 0.379 e. The molecule has 7 rings (SSSR count). The molecule has 0 spiro atoms. The van der Waals surface area contributed by atoms with Crippen molar-refractivity contribution in [2.75, 3.05) is 52.6 Å². The maximum atomic E-state index is 13.6. The average Bonchev–Trinajstić information content (AvgIpc) is 3.07. The zero-order chi connectivity index (χ0) is 31.9.